The molecule has 0 radical (unpaired) electrons. The molecule has 1 fully saturated rings. The van der Waals surface area contributed by atoms with Gasteiger partial charge in [0.2, 0.25) is 5.91 Å². The van der Waals surface area contributed by atoms with Crippen LogP contribution in [0.2, 0.25) is 0 Å². The van der Waals surface area contributed by atoms with Crippen molar-refractivity contribution in [3.05, 3.63) is 0 Å². The Kier molecular flexibility index (Phi) is 6.27. The Bertz CT molecular complexity index is 293. The molecule has 0 aromatic heterocycles. The summed E-state index contributed by atoms with van der Waals surface area (Å²) in [4.78, 5) is 14.2. The highest BCUT2D eigenvalue weighted by molar-refractivity contribution is 5.85. The van der Waals surface area contributed by atoms with Crippen LogP contribution in [-0.4, -0.2) is 42.0 Å². The highest BCUT2D eigenvalue weighted by Gasteiger charge is 2.44. The molecule has 1 saturated carbocycles. The van der Waals surface area contributed by atoms with E-state index in [0.29, 0.717) is 12.1 Å². The molecule has 1 amide bonds. The van der Waals surface area contributed by atoms with E-state index in [1.807, 2.05) is 7.05 Å². The number of amides is 1. The lowest BCUT2D eigenvalue weighted by molar-refractivity contribution is -0.124. The van der Waals surface area contributed by atoms with E-state index in [1.54, 1.807) is 0 Å². The zero-order valence-corrected chi connectivity index (χ0v) is 13.0. The molecule has 3 N–H and O–H groups in total. The number of nitrogens with zero attached hydrogens (tertiary/aromatic N) is 1. The summed E-state index contributed by atoms with van der Waals surface area (Å²) in [7, 11) is 1.85. The average Bonchev–Trinajstić information content (AvgIpc) is 2.79. The van der Waals surface area contributed by atoms with Crippen LogP contribution in [0.5, 0.6) is 0 Å². The van der Waals surface area contributed by atoms with Crippen LogP contribution in [0.15, 0.2) is 0 Å². The largest absolute Gasteiger partial charge is 0.368 e. The predicted octanol–water partition coefficient (Wildman–Crippen LogP) is 1.88. The first-order chi connectivity index (χ1) is 8.96. The lowest BCUT2D eigenvalue weighted by Crippen LogP contribution is -2.53. The zero-order chi connectivity index (χ0) is 14.5. The van der Waals surface area contributed by atoms with Gasteiger partial charge in [-0.05, 0) is 53.1 Å². The van der Waals surface area contributed by atoms with Crippen molar-refractivity contribution in [1.29, 1.82) is 0 Å². The Hall–Kier alpha value is -0.610. The minimum atomic E-state index is -0.484. The summed E-state index contributed by atoms with van der Waals surface area (Å²) in [5.74, 6) is -0.199. The van der Waals surface area contributed by atoms with Crippen molar-refractivity contribution in [2.75, 3.05) is 13.6 Å². The first-order valence-electron chi connectivity index (χ1n) is 7.71. The van der Waals surface area contributed by atoms with Crippen LogP contribution < -0.4 is 11.1 Å². The van der Waals surface area contributed by atoms with Gasteiger partial charge in [-0.3, -0.25) is 9.69 Å². The van der Waals surface area contributed by atoms with E-state index in [1.165, 1.54) is 19.3 Å². The fourth-order valence-electron chi connectivity index (χ4n) is 3.28. The summed E-state index contributed by atoms with van der Waals surface area (Å²) in [6.07, 6.45) is 6.55. The van der Waals surface area contributed by atoms with E-state index < -0.39 is 5.54 Å². The molecule has 2 unspecified atom stereocenters. The van der Waals surface area contributed by atoms with Crippen LogP contribution in [0.1, 0.15) is 59.3 Å². The normalized spacial score (nSPS) is 27.4. The summed E-state index contributed by atoms with van der Waals surface area (Å²) in [6, 6.07) is 1.01. The van der Waals surface area contributed by atoms with Gasteiger partial charge < -0.3 is 11.1 Å². The van der Waals surface area contributed by atoms with E-state index in [0.717, 1.165) is 25.8 Å². The standard InChI is InChI=1S/C15H31N3O/c1-5-6-7-10-18(12(2)3)13-8-9-15(11-13,17-4)14(16)19/h12-13,17H,5-11H2,1-4H3,(H2,16,19). The van der Waals surface area contributed by atoms with Crippen LogP contribution in [0, 0.1) is 0 Å². The minimum absolute atomic E-state index is 0.199. The van der Waals surface area contributed by atoms with Crippen molar-refractivity contribution in [2.24, 2.45) is 5.73 Å². The van der Waals surface area contributed by atoms with Gasteiger partial charge in [-0.15, -0.1) is 0 Å². The number of likely N-dealkylation sites (N-methyl/N-ethyl adjacent to an activating group) is 1. The third-order valence-corrected chi connectivity index (χ3v) is 4.59. The molecular weight excluding hydrogens is 238 g/mol. The van der Waals surface area contributed by atoms with Gasteiger partial charge in [-0.25, -0.2) is 0 Å². The summed E-state index contributed by atoms with van der Waals surface area (Å²) in [5.41, 5.74) is 5.10. The quantitative estimate of drug-likeness (QED) is 0.662. The van der Waals surface area contributed by atoms with Gasteiger partial charge in [0.1, 0.15) is 0 Å². The number of nitrogens with two attached hydrogens (primary N) is 1. The van der Waals surface area contributed by atoms with Crippen molar-refractivity contribution >= 4 is 5.91 Å². The molecule has 4 nitrogen and oxygen atoms in total. The molecule has 0 saturated heterocycles. The number of nitrogens with one attached hydrogen (secondary N) is 1. The summed E-state index contributed by atoms with van der Waals surface area (Å²) in [6.45, 7) is 7.86. The number of rotatable bonds is 8. The number of primary amides is 1. The smallest absolute Gasteiger partial charge is 0.237 e. The van der Waals surface area contributed by atoms with E-state index in [-0.39, 0.29) is 5.91 Å². The molecule has 0 heterocycles. The summed E-state index contributed by atoms with van der Waals surface area (Å²) < 4.78 is 0. The fourth-order valence-corrected chi connectivity index (χ4v) is 3.28. The van der Waals surface area contributed by atoms with Crippen molar-refractivity contribution in [3.63, 3.8) is 0 Å². The molecule has 19 heavy (non-hydrogen) atoms. The van der Waals surface area contributed by atoms with E-state index in [4.69, 9.17) is 5.73 Å². The molecule has 1 aliphatic carbocycles. The monoisotopic (exact) mass is 269 g/mol. The van der Waals surface area contributed by atoms with Crippen molar-refractivity contribution in [2.45, 2.75) is 76.9 Å². The zero-order valence-electron chi connectivity index (χ0n) is 13.0. The van der Waals surface area contributed by atoms with Gasteiger partial charge in [-0.1, -0.05) is 19.8 Å². The Morgan fingerprint density at radius 1 is 1.47 bits per heavy atom. The van der Waals surface area contributed by atoms with Crippen LogP contribution in [0.4, 0.5) is 0 Å². The number of carbonyl (C=O) groups is 1. The maximum atomic E-state index is 11.7. The Labute approximate surface area is 118 Å². The van der Waals surface area contributed by atoms with Crippen molar-refractivity contribution in [1.82, 2.24) is 10.2 Å². The Morgan fingerprint density at radius 2 is 2.16 bits per heavy atom. The highest BCUT2D eigenvalue weighted by Crippen LogP contribution is 2.33. The van der Waals surface area contributed by atoms with Crippen molar-refractivity contribution in [3.8, 4) is 0 Å². The van der Waals surface area contributed by atoms with Gasteiger partial charge in [0.05, 0.1) is 5.54 Å². The molecule has 1 rings (SSSR count). The van der Waals surface area contributed by atoms with Gasteiger partial charge in [0.25, 0.3) is 0 Å². The van der Waals surface area contributed by atoms with E-state index in [9.17, 15) is 4.79 Å². The van der Waals surface area contributed by atoms with Gasteiger partial charge in [0.15, 0.2) is 0 Å². The van der Waals surface area contributed by atoms with E-state index in [2.05, 4.69) is 31.0 Å². The van der Waals surface area contributed by atoms with Gasteiger partial charge >= 0.3 is 0 Å². The highest BCUT2D eigenvalue weighted by atomic mass is 16.1. The second kappa shape index (κ2) is 7.25. The molecule has 0 aromatic rings. The maximum Gasteiger partial charge on any atom is 0.237 e. The molecule has 1 aliphatic rings. The van der Waals surface area contributed by atoms with E-state index >= 15 is 0 Å². The van der Waals surface area contributed by atoms with Crippen LogP contribution in [-0.2, 0) is 4.79 Å². The van der Waals surface area contributed by atoms with Gasteiger partial charge in [-0.2, -0.15) is 0 Å². The molecule has 112 valence electrons. The number of hydrogen-bond acceptors (Lipinski definition) is 3. The van der Waals surface area contributed by atoms with Crippen LogP contribution in [0.25, 0.3) is 0 Å². The third-order valence-electron chi connectivity index (χ3n) is 4.59. The molecule has 0 aliphatic heterocycles. The first kappa shape index (κ1) is 16.4. The number of carbonyl (C=O) groups excluding carboxylic acids is 1. The lowest BCUT2D eigenvalue weighted by atomic mass is 9.96. The third kappa shape index (κ3) is 3.93. The Morgan fingerprint density at radius 3 is 2.58 bits per heavy atom. The second-order valence-electron chi connectivity index (χ2n) is 6.13. The fraction of sp³-hybridized carbons (Fsp3) is 0.933. The molecule has 0 spiro atoms. The maximum absolute atomic E-state index is 11.7. The minimum Gasteiger partial charge on any atom is -0.368 e. The molecule has 4 heteroatoms. The van der Waals surface area contributed by atoms with Gasteiger partial charge in [0, 0.05) is 12.1 Å². The molecular formula is C15H31N3O. The average molecular weight is 269 g/mol. The molecule has 0 bridgehead atoms. The topological polar surface area (TPSA) is 58.4 Å². The predicted molar refractivity (Wildman–Crippen MR) is 80.0 cm³/mol. The van der Waals surface area contributed by atoms with Crippen LogP contribution >= 0.6 is 0 Å². The summed E-state index contributed by atoms with van der Waals surface area (Å²) in [5, 5.41) is 3.17. The van der Waals surface area contributed by atoms with Crippen molar-refractivity contribution < 1.29 is 4.79 Å². The van der Waals surface area contributed by atoms with Crippen LogP contribution in [0.3, 0.4) is 0 Å². The number of unbranched alkanes of at least 4 members (excludes halogenated alkanes) is 2. The first-order valence-corrected chi connectivity index (χ1v) is 7.71. The number of hydrogen-bond donors (Lipinski definition) is 2. The molecule has 0 aromatic carbocycles. The second-order valence-corrected chi connectivity index (χ2v) is 6.13. The Balaban J connectivity index is 2.65. The summed E-state index contributed by atoms with van der Waals surface area (Å²) >= 11 is 0. The lowest BCUT2D eigenvalue weighted by Gasteiger charge is -2.34. The SMILES string of the molecule is CCCCCN(C(C)C)C1CCC(NC)(C(N)=O)C1. The molecule has 2 atom stereocenters.